The fourth-order valence-electron chi connectivity index (χ4n) is 3.23. The molecule has 0 radical (unpaired) electrons. The largest absolute Gasteiger partial charge is 0.497 e. The smallest absolute Gasteiger partial charge is 0.331 e. The summed E-state index contributed by atoms with van der Waals surface area (Å²) in [5, 5.41) is 0. The zero-order valence-electron chi connectivity index (χ0n) is 16.8. The van der Waals surface area contributed by atoms with Gasteiger partial charge in [0.2, 0.25) is 10.0 Å². The summed E-state index contributed by atoms with van der Waals surface area (Å²) in [6, 6.07) is 12.0. The Labute approximate surface area is 176 Å². The van der Waals surface area contributed by atoms with Gasteiger partial charge < -0.3 is 9.47 Å². The van der Waals surface area contributed by atoms with E-state index >= 15 is 0 Å². The van der Waals surface area contributed by atoms with Gasteiger partial charge in [-0.3, -0.25) is 9.10 Å². The van der Waals surface area contributed by atoms with Crippen LogP contribution >= 0.6 is 0 Å². The molecular weight excluding hydrogens is 406 g/mol. The molecule has 0 aromatic heterocycles. The molecule has 3 rings (SSSR count). The van der Waals surface area contributed by atoms with Crippen molar-refractivity contribution in [2.75, 3.05) is 30.8 Å². The summed E-state index contributed by atoms with van der Waals surface area (Å²) < 4.78 is 35.3. The molecule has 0 fully saturated rings. The Morgan fingerprint density at radius 3 is 2.53 bits per heavy atom. The van der Waals surface area contributed by atoms with Crippen molar-refractivity contribution in [1.29, 1.82) is 0 Å². The number of ketones is 1. The number of aryl methyl sites for hydroxylation is 1. The molecule has 0 unspecified atom stereocenters. The number of anilines is 1. The number of hydrogen-bond donors (Lipinski definition) is 0. The van der Waals surface area contributed by atoms with Crippen molar-refractivity contribution in [3.63, 3.8) is 0 Å². The van der Waals surface area contributed by atoms with Gasteiger partial charge in [-0.05, 0) is 60.4 Å². The number of benzene rings is 2. The second kappa shape index (κ2) is 9.13. The van der Waals surface area contributed by atoms with Crippen molar-refractivity contribution in [1.82, 2.24) is 0 Å². The van der Waals surface area contributed by atoms with Crippen LogP contribution in [0.3, 0.4) is 0 Å². The number of methoxy groups -OCH3 is 1. The summed E-state index contributed by atoms with van der Waals surface area (Å²) >= 11 is 0. The molecule has 8 heteroatoms. The third-order valence-corrected chi connectivity index (χ3v) is 5.93. The highest BCUT2D eigenvalue weighted by Gasteiger charge is 2.24. The molecule has 2 aromatic carbocycles. The Balaban J connectivity index is 1.60. The molecule has 0 aliphatic carbocycles. The summed E-state index contributed by atoms with van der Waals surface area (Å²) in [4.78, 5) is 24.3. The van der Waals surface area contributed by atoms with Crippen molar-refractivity contribution in [3.05, 3.63) is 65.2 Å². The van der Waals surface area contributed by atoms with Crippen LogP contribution in [-0.2, 0) is 26.0 Å². The lowest BCUT2D eigenvalue weighted by Crippen LogP contribution is -2.34. The van der Waals surface area contributed by atoms with Crippen molar-refractivity contribution in [3.8, 4) is 5.75 Å². The van der Waals surface area contributed by atoms with Crippen molar-refractivity contribution in [2.24, 2.45) is 0 Å². The summed E-state index contributed by atoms with van der Waals surface area (Å²) in [7, 11) is -1.79. The van der Waals surface area contributed by atoms with Crippen LogP contribution in [-0.4, -0.2) is 46.7 Å². The number of fused-ring (bicyclic) bond motifs is 1. The van der Waals surface area contributed by atoms with Crippen LogP contribution in [0.15, 0.2) is 48.5 Å². The third kappa shape index (κ3) is 5.27. The molecule has 30 heavy (non-hydrogen) atoms. The Morgan fingerprint density at radius 1 is 1.13 bits per heavy atom. The Hall–Kier alpha value is -3.13. The Morgan fingerprint density at radius 2 is 1.87 bits per heavy atom. The van der Waals surface area contributed by atoms with Gasteiger partial charge in [0.15, 0.2) is 12.4 Å². The van der Waals surface area contributed by atoms with Gasteiger partial charge in [-0.25, -0.2) is 13.2 Å². The third-order valence-electron chi connectivity index (χ3n) is 4.75. The van der Waals surface area contributed by atoms with Crippen molar-refractivity contribution >= 4 is 33.5 Å². The predicted molar refractivity (Wildman–Crippen MR) is 114 cm³/mol. The lowest BCUT2D eigenvalue weighted by atomic mass is 9.99. The average Bonchev–Trinajstić information content (AvgIpc) is 2.74. The fraction of sp³-hybridized carbons (Fsp3) is 0.273. The molecule has 1 aliphatic rings. The number of Topliss-reactive ketones (excluding diaryl/α,β-unsaturated/α-hetero) is 1. The molecule has 7 nitrogen and oxygen atoms in total. The maximum absolute atomic E-state index is 12.4. The standard InChI is InChI=1S/C22H23NO6S/c1-28-19-9-5-16(6-10-19)7-12-22(25)29-15-21(24)18-8-11-20-17(14-18)4-3-13-23(20)30(2,26)27/h5-12,14H,3-4,13,15H2,1-2H3/b12-7+. The first-order valence-electron chi connectivity index (χ1n) is 9.40. The van der Waals surface area contributed by atoms with Gasteiger partial charge in [-0.1, -0.05) is 12.1 Å². The molecule has 2 aromatic rings. The van der Waals surface area contributed by atoms with E-state index in [-0.39, 0.29) is 12.4 Å². The van der Waals surface area contributed by atoms with E-state index in [1.165, 1.54) is 16.6 Å². The van der Waals surface area contributed by atoms with Gasteiger partial charge in [0, 0.05) is 18.2 Å². The minimum absolute atomic E-state index is 0.347. The van der Waals surface area contributed by atoms with Gasteiger partial charge in [0.1, 0.15) is 5.75 Å². The monoisotopic (exact) mass is 429 g/mol. The molecule has 158 valence electrons. The number of nitrogens with zero attached hydrogens (tertiary/aromatic N) is 1. The SMILES string of the molecule is COc1ccc(/C=C/C(=O)OCC(=O)c2ccc3c(c2)CCCN3S(C)(=O)=O)cc1. The normalized spacial score (nSPS) is 13.7. The van der Waals surface area contributed by atoms with Crippen molar-refractivity contribution < 1.29 is 27.5 Å². The molecule has 1 heterocycles. The number of esters is 1. The summed E-state index contributed by atoms with van der Waals surface area (Å²) in [6.45, 7) is 0.0393. The summed E-state index contributed by atoms with van der Waals surface area (Å²) in [6.07, 6.45) is 5.38. The van der Waals surface area contributed by atoms with E-state index in [2.05, 4.69) is 0 Å². The van der Waals surface area contributed by atoms with Crippen molar-refractivity contribution in [2.45, 2.75) is 12.8 Å². The first-order chi connectivity index (χ1) is 14.3. The minimum atomic E-state index is -3.36. The van der Waals surface area contributed by atoms with E-state index in [9.17, 15) is 18.0 Å². The average molecular weight is 429 g/mol. The maximum Gasteiger partial charge on any atom is 0.331 e. The molecule has 0 atom stereocenters. The zero-order chi connectivity index (χ0) is 21.7. The van der Waals surface area contributed by atoms with Crippen LogP contribution in [0.25, 0.3) is 6.08 Å². The first kappa shape index (κ1) is 21.6. The quantitative estimate of drug-likeness (QED) is 0.382. The van der Waals surface area contributed by atoms with Crippen LogP contribution in [0.4, 0.5) is 5.69 Å². The molecule has 0 spiro atoms. The second-order valence-electron chi connectivity index (χ2n) is 6.92. The van der Waals surface area contributed by atoms with Gasteiger partial charge in [-0.15, -0.1) is 0 Å². The van der Waals surface area contributed by atoms with E-state index in [0.29, 0.717) is 36.4 Å². The first-order valence-corrected chi connectivity index (χ1v) is 11.3. The number of carbonyl (C=O) groups is 2. The Bertz CT molecular complexity index is 1070. The van der Waals surface area contributed by atoms with E-state index < -0.39 is 16.0 Å². The van der Waals surface area contributed by atoms with E-state index in [1.807, 2.05) is 0 Å². The van der Waals surface area contributed by atoms with E-state index in [0.717, 1.165) is 11.1 Å². The highest BCUT2D eigenvalue weighted by atomic mass is 32.2. The van der Waals surface area contributed by atoms with Crippen LogP contribution in [0.2, 0.25) is 0 Å². The molecule has 0 saturated carbocycles. The lowest BCUT2D eigenvalue weighted by Gasteiger charge is -2.29. The zero-order valence-corrected chi connectivity index (χ0v) is 17.6. The molecule has 0 amide bonds. The molecule has 1 aliphatic heterocycles. The number of ether oxygens (including phenoxy) is 2. The lowest BCUT2D eigenvalue weighted by molar-refractivity contribution is -0.136. The van der Waals surface area contributed by atoms with Gasteiger partial charge in [0.05, 0.1) is 19.1 Å². The van der Waals surface area contributed by atoms with Crippen LogP contribution in [0, 0.1) is 0 Å². The number of rotatable bonds is 7. The predicted octanol–water partition coefficient (Wildman–Crippen LogP) is 2.85. The highest BCUT2D eigenvalue weighted by molar-refractivity contribution is 7.92. The van der Waals surface area contributed by atoms with Gasteiger partial charge in [0.25, 0.3) is 0 Å². The topological polar surface area (TPSA) is 90.0 Å². The van der Waals surface area contributed by atoms with Crippen LogP contribution in [0.1, 0.15) is 27.9 Å². The molecule has 0 bridgehead atoms. The number of sulfonamides is 1. The molecule has 0 N–H and O–H groups in total. The second-order valence-corrected chi connectivity index (χ2v) is 8.83. The summed E-state index contributed by atoms with van der Waals surface area (Å²) in [5.74, 6) is -0.258. The van der Waals surface area contributed by atoms with E-state index in [1.54, 1.807) is 55.7 Å². The maximum atomic E-state index is 12.4. The van der Waals surface area contributed by atoms with Crippen LogP contribution < -0.4 is 9.04 Å². The molecular formula is C22H23NO6S. The highest BCUT2D eigenvalue weighted by Crippen LogP contribution is 2.30. The number of hydrogen-bond acceptors (Lipinski definition) is 6. The van der Waals surface area contributed by atoms with Crippen LogP contribution in [0.5, 0.6) is 5.75 Å². The van der Waals surface area contributed by atoms with Gasteiger partial charge >= 0.3 is 5.97 Å². The summed E-state index contributed by atoms with van der Waals surface area (Å²) in [5.41, 5.74) is 2.57. The van der Waals surface area contributed by atoms with E-state index in [4.69, 9.17) is 9.47 Å². The molecule has 0 saturated heterocycles. The Kier molecular flexibility index (Phi) is 6.56. The van der Waals surface area contributed by atoms with Gasteiger partial charge in [-0.2, -0.15) is 0 Å². The fourth-order valence-corrected chi connectivity index (χ4v) is 4.22. The minimum Gasteiger partial charge on any atom is -0.497 e. The number of carbonyl (C=O) groups excluding carboxylic acids is 2.